The molecule has 0 unspecified atom stereocenters. The minimum Gasteiger partial charge on any atom is -0.340 e. The van der Waals surface area contributed by atoms with Gasteiger partial charge in [-0.05, 0) is 44.6 Å². The molecule has 7 heteroatoms. The molecule has 0 atom stereocenters. The van der Waals surface area contributed by atoms with Crippen LogP contribution in [0, 0.1) is 19.3 Å². The van der Waals surface area contributed by atoms with Crippen LogP contribution in [0.4, 0.5) is 5.95 Å². The van der Waals surface area contributed by atoms with E-state index in [9.17, 15) is 4.79 Å². The zero-order valence-electron chi connectivity index (χ0n) is 15.4. The molecule has 0 N–H and O–H groups in total. The molecule has 0 radical (unpaired) electrons. The normalized spacial score (nSPS) is 19.2. The zero-order chi connectivity index (χ0) is 18.1. The molecule has 0 bridgehead atoms. The Morgan fingerprint density at radius 1 is 1.00 bits per heavy atom. The highest BCUT2D eigenvalue weighted by atomic mass is 16.2. The third-order valence-corrected chi connectivity index (χ3v) is 5.92. The van der Waals surface area contributed by atoms with E-state index in [4.69, 9.17) is 0 Å². The second kappa shape index (κ2) is 6.63. The SMILES string of the molecule is Cc1ncnc(C(=O)N2CCC3(CC2)CCN(c2ncccn2)C3)c1C. The van der Waals surface area contributed by atoms with E-state index in [-0.39, 0.29) is 11.3 Å². The lowest BCUT2D eigenvalue weighted by molar-refractivity contribution is 0.0603. The Hall–Kier alpha value is -2.57. The van der Waals surface area contributed by atoms with Crippen molar-refractivity contribution in [2.24, 2.45) is 5.41 Å². The summed E-state index contributed by atoms with van der Waals surface area (Å²) in [5.74, 6) is 0.846. The Labute approximate surface area is 153 Å². The van der Waals surface area contributed by atoms with Gasteiger partial charge in [-0.1, -0.05) is 0 Å². The van der Waals surface area contributed by atoms with Crippen molar-refractivity contribution in [1.82, 2.24) is 24.8 Å². The molecule has 0 aromatic carbocycles. The maximum Gasteiger partial charge on any atom is 0.272 e. The highest BCUT2D eigenvalue weighted by molar-refractivity contribution is 5.93. The van der Waals surface area contributed by atoms with Crippen LogP contribution in [-0.2, 0) is 0 Å². The highest BCUT2D eigenvalue weighted by Gasteiger charge is 2.42. The van der Waals surface area contributed by atoms with Gasteiger partial charge >= 0.3 is 0 Å². The lowest BCUT2D eigenvalue weighted by atomic mass is 9.77. The number of aryl methyl sites for hydroxylation is 1. The third kappa shape index (κ3) is 3.02. The summed E-state index contributed by atoms with van der Waals surface area (Å²) in [5.41, 5.74) is 2.56. The van der Waals surface area contributed by atoms with Crippen molar-refractivity contribution < 1.29 is 4.79 Å². The fourth-order valence-electron chi connectivity index (χ4n) is 4.06. The van der Waals surface area contributed by atoms with E-state index in [1.165, 1.54) is 6.33 Å². The van der Waals surface area contributed by atoms with Gasteiger partial charge in [0.1, 0.15) is 12.0 Å². The van der Waals surface area contributed by atoms with Crippen molar-refractivity contribution in [2.75, 3.05) is 31.1 Å². The number of anilines is 1. The molecule has 0 aliphatic carbocycles. The molecule has 1 amide bonds. The predicted octanol–water partition coefficient (Wildman–Crippen LogP) is 2.02. The number of aromatic nitrogens is 4. The van der Waals surface area contributed by atoms with Gasteiger partial charge in [0.05, 0.1) is 0 Å². The number of rotatable bonds is 2. The molecular weight excluding hydrogens is 328 g/mol. The monoisotopic (exact) mass is 352 g/mol. The Kier molecular flexibility index (Phi) is 4.30. The van der Waals surface area contributed by atoms with Crippen LogP contribution in [0.15, 0.2) is 24.8 Å². The van der Waals surface area contributed by atoms with Crippen LogP contribution in [0.25, 0.3) is 0 Å². The average molecular weight is 352 g/mol. The predicted molar refractivity (Wildman–Crippen MR) is 97.9 cm³/mol. The summed E-state index contributed by atoms with van der Waals surface area (Å²) in [7, 11) is 0. The number of carbonyl (C=O) groups is 1. The summed E-state index contributed by atoms with van der Waals surface area (Å²) >= 11 is 0. The molecule has 2 aromatic rings. The Balaban J connectivity index is 1.41. The number of amides is 1. The minimum atomic E-state index is 0.0316. The number of likely N-dealkylation sites (tertiary alicyclic amines) is 1. The average Bonchev–Trinajstić information content (AvgIpc) is 3.08. The maximum absolute atomic E-state index is 12.9. The van der Waals surface area contributed by atoms with Crippen LogP contribution in [-0.4, -0.2) is 56.9 Å². The van der Waals surface area contributed by atoms with E-state index in [1.54, 1.807) is 12.4 Å². The van der Waals surface area contributed by atoms with Gasteiger partial charge in [0.2, 0.25) is 5.95 Å². The number of hydrogen-bond acceptors (Lipinski definition) is 6. The van der Waals surface area contributed by atoms with Crippen LogP contribution in [0.5, 0.6) is 0 Å². The van der Waals surface area contributed by atoms with Gasteiger partial charge in [-0.25, -0.2) is 19.9 Å². The van der Waals surface area contributed by atoms with E-state index in [0.29, 0.717) is 5.69 Å². The van der Waals surface area contributed by atoms with Crippen LogP contribution < -0.4 is 4.90 Å². The summed E-state index contributed by atoms with van der Waals surface area (Å²) in [6.45, 7) is 7.36. The van der Waals surface area contributed by atoms with Crippen LogP contribution in [0.2, 0.25) is 0 Å². The number of hydrogen-bond donors (Lipinski definition) is 0. The van der Waals surface area contributed by atoms with Gasteiger partial charge in [-0.3, -0.25) is 4.79 Å². The van der Waals surface area contributed by atoms with Crippen molar-refractivity contribution in [2.45, 2.75) is 33.1 Å². The van der Waals surface area contributed by atoms with E-state index < -0.39 is 0 Å². The van der Waals surface area contributed by atoms with Crippen molar-refractivity contribution in [3.63, 3.8) is 0 Å². The summed E-state index contributed by atoms with van der Waals surface area (Å²) in [6, 6.07) is 1.84. The first-order valence-electron chi connectivity index (χ1n) is 9.17. The van der Waals surface area contributed by atoms with Crippen molar-refractivity contribution in [1.29, 1.82) is 0 Å². The number of nitrogens with zero attached hydrogens (tertiary/aromatic N) is 6. The van der Waals surface area contributed by atoms with Gasteiger partial charge < -0.3 is 9.80 Å². The quantitative estimate of drug-likeness (QED) is 0.823. The molecule has 4 heterocycles. The largest absolute Gasteiger partial charge is 0.340 e. The van der Waals surface area contributed by atoms with E-state index >= 15 is 0 Å². The molecule has 7 nitrogen and oxygen atoms in total. The molecule has 26 heavy (non-hydrogen) atoms. The van der Waals surface area contributed by atoms with Crippen LogP contribution >= 0.6 is 0 Å². The van der Waals surface area contributed by atoms with Crippen LogP contribution in [0.3, 0.4) is 0 Å². The molecule has 2 saturated heterocycles. The standard InChI is InChI=1S/C19H24N6O/c1-14-15(2)22-13-23-16(14)17(26)24-9-4-19(5-10-24)6-11-25(12-19)18-20-7-3-8-21-18/h3,7-8,13H,4-6,9-12H2,1-2H3. The van der Waals surface area contributed by atoms with Crippen molar-refractivity contribution >= 4 is 11.9 Å². The van der Waals surface area contributed by atoms with Gasteiger partial charge in [-0.15, -0.1) is 0 Å². The molecular formula is C19H24N6O. The van der Waals surface area contributed by atoms with Crippen LogP contribution in [0.1, 0.15) is 41.0 Å². The number of carbonyl (C=O) groups excluding carboxylic acids is 1. The minimum absolute atomic E-state index is 0.0316. The topological polar surface area (TPSA) is 75.1 Å². The first-order chi connectivity index (χ1) is 12.6. The fourth-order valence-corrected chi connectivity index (χ4v) is 4.06. The lowest BCUT2D eigenvalue weighted by Crippen LogP contribution is -2.44. The van der Waals surface area contributed by atoms with Gasteiger partial charge in [-0.2, -0.15) is 0 Å². The zero-order valence-corrected chi connectivity index (χ0v) is 15.4. The summed E-state index contributed by atoms with van der Waals surface area (Å²) in [4.78, 5) is 34.2. The summed E-state index contributed by atoms with van der Waals surface area (Å²) < 4.78 is 0. The molecule has 1 spiro atoms. The second-order valence-electron chi connectivity index (χ2n) is 7.45. The van der Waals surface area contributed by atoms with E-state index in [1.807, 2.05) is 24.8 Å². The molecule has 2 fully saturated rings. The number of piperidine rings is 1. The van der Waals surface area contributed by atoms with Gasteiger partial charge in [0.15, 0.2) is 0 Å². The van der Waals surface area contributed by atoms with E-state index in [0.717, 1.165) is 62.6 Å². The molecule has 2 aromatic heterocycles. The highest BCUT2D eigenvalue weighted by Crippen LogP contribution is 2.41. The molecule has 2 aliphatic heterocycles. The molecule has 136 valence electrons. The summed E-state index contributed by atoms with van der Waals surface area (Å²) in [5, 5.41) is 0. The first kappa shape index (κ1) is 16.9. The Bertz CT molecular complexity index is 801. The van der Waals surface area contributed by atoms with Gasteiger partial charge in [0, 0.05) is 49.8 Å². The molecule has 2 aliphatic rings. The lowest BCUT2D eigenvalue weighted by Gasteiger charge is -2.39. The maximum atomic E-state index is 12.9. The van der Waals surface area contributed by atoms with Crippen molar-refractivity contribution in [3.05, 3.63) is 41.7 Å². The summed E-state index contributed by atoms with van der Waals surface area (Å²) in [6.07, 6.45) is 8.24. The van der Waals surface area contributed by atoms with Crippen molar-refractivity contribution in [3.8, 4) is 0 Å². The Morgan fingerprint density at radius 2 is 1.69 bits per heavy atom. The molecule has 4 rings (SSSR count). The first-order valence-corrected chi connectivity index (χ1v) is 9.17. The fraction of sp³-hybridized carbons (Fsp3) is 0.526. The Morgan fingerprint density at radius 3 is 2.42 bits per heavy atom. The molecule has 0 saturated carbocycles. The van der Waals surface area contributed by atoms with Gasteiger partial charge in [0.25, 0.3) is 5.91 Å². The second-order valence-corrected chi connectivity index (χ2v) is 7.45. The smallest absolute Gasteiger partial charge is 0.272 e. The third-order valence-electron chi connectivity index (χ3n) is 5.92. The van der Waals surface area contributed by atoms with E-state index in [2.05, 4.69) is 24.8 Å².